The lowest BCUT2D eigenvalue weighted by molar-refractivity contribution is -0.122. The average molecular weight is 884 g/mol. The minimum atomic E-state index is -2.30. The van der Waals surface area contributed by atoms with Crippen LogP contribution in [0.3, 0.4) is 0 Å². The second-order valence-corrected chi connectivity index (χ2v) is 16.5. The number of carbonyl (C=O) groups is 2. The third kappa shape index (κ3) is 6.06. The molecule has 6 aromatic rings. The van der Waals surface area contributed by atoms with Gasteiger partial charge in [0.25, 0.3) is 17.4 Å². The molecule has 1 aliphatic carbocycles. The predicted molar refractivity (Wildman–Crippen MR) is 226 cm³/mol. The second-order valence-electron chi connectivity index (χ2n) is 15.3. The lowest BCUT2D eigenvalue weighted by Gasteiger charge is -2.49. The number of benzene rings is 4. The van der Waals surface area contributed by atoms with Gasteiger partial charge in [-0.2, -0.15) is 0 Å². The molecule has 0 unspecified atom stereocenters. The van der Waals surface area contributed by atoms with Crippen LogP contribution in [-0.2, 0) is 42.8 Å². The molecule has 2 aliphatic heterocycles. The highest BCUT2D eigenvalue weighted by atomic mass is 35.5. The summed E-state index contributed by atoms with van der Waals surface area (Å²) in [5.41, 5.74) is 0.373. The van der Waals surface area contributed by atoms with Gasteiger partial charge in [-0.25, -0.2) is 37.8 Å². The third-order valence-corrected chi connectivity index (χ3v) is 13.4. The number of nitrogens with zero attached hydrogens (tertiary/aromatic N) is 6. The predicted octanol–water partition coefficient (Wildman–Crippen LogP) is 4.94. The number of halogens is 3. The van der Waals surface area contributed by atoms with Crippen LogP contribution in [0.4, 0.5) is 10.1 Å². The topological polar surface area (TPSA) is 169 Å². The molecule has 62 heavy (non-hydrogen) atoms. The minimum Gasteiger partial charge on any atom is -0.508 e. The Morgan fingerprint density at radius 2 is 1.60 bits per heavy atom. The maximum atomic E-state index is 14.7. The lowest BCUT2D eigenvalue weighted by Crippen LogP contribution is -2.59. The number of aromatic hydroxyl groups is 1. The number of methoxy groups -OCH3 is 2. The van der Waals surface area contributed by atoms with E-state index in [-0.39, 0.29) is 48.8 Å². The van der Waals surface area contributed by atoms with Crippen molar-refractivity contribution < 1.29 is 33.3 Å². The minimum absolute atomic E-state index is 0.00619. The van der Waals surface area contributed by atoms with E-state index < -0.39 is 62.7 Å². The van der Waals surface area contributed by atoms with Crippen LogP contribution in [0.1, 0.15) is 35.2 Å². The molecule has 4 atom stereocenters. The summed E-state index contributed by atoms with van der Waals surface area (Å²) in [6.07, 6.45) is 1.10. The second kappa shape index (κ2) is 15.1. The number of phenolic OH excluding ortho intramolecular Hbond substituents is 1. The van der Waals surface area contributed by atoms with Crippen LogP contribution in [0.15, 0.2) is 111 Å². The first-order chi connectivity index (χ1) is 29.7. The fourth-order valence-corrected chi connectivity index (χ4v) is 9.84. The molecule has 2 fully saturated rings. The molecule has 15 nitrogen and oxygen atoms in total. The molecule has 0 bridgehead atoms. The van der Waals surface area contributed by atoms with Gasteiger partial charge in [-0.3, -0.25) is 14.4 Å². The van der Waals surface area contributed by atoms with Crippen LogP contribution in [-0.4, -0.2) is 64.4 Å². The fourth-order valence-electron chi connectivity index (χ4n) is 8.93. The van der Waals surface area contributed by atoms with Crippen molar-refractivity contribution >= 4 is 51.7 Å². The summed E-state index contributed by atoms with van der Waals surface area (Å²) >= 11 is 14.9. The van der Waals surface area contributed by atoms with Crippen molar-refractivity contribution in [2.75, 3.05) is 19.1 Å². The number of imide groups is 1. The molecule has 0 radical (unpaired) electrons. The van der Waals surface area contributed by atoms with Gasteiger partial charge in [-0.1, -0.05) is 42.5 Å². The first-order valence-electron chi connectivity index (χ1n) is 19.5. The highest BCUT2D eigenvalue weighted by Crippen LogP contribution is 2.64. The van der Waals surface area contributed by atoms with Gasteiger partial charge in [0.15, 0.2) is 21.2 Å². The maximum absolute atomic E-state index is 14.7. The Hall–Kier alpha value is -6.65. The molecule has 1 saturated heterocycles. The number of carbonyl (C=O) groups excluding carboxylic acids is 2. The van der Waals surface area contributed by atoms with Crippen molar-refractivity contribution in [1.82, 2.24) is 23.5 Å². The van der Waals surface area contributed by atoms with Crippen molar-refractivity contribution in [3.05, 3.63) is 151 Å². The van der Waals surface area contributed by atoms with Gasteiger partial charge in [0.05, 0.1) is 43.5 Å². The first-order valence-corrected chi connectivity index (χ1v) is 20.2. The zero-order valence-corrected chi connectivity index (χ0v) is 34.9. The van der Waals surface area contributed by atoms with E-state index in [1.165, 1.54) is 52.4 Å². The standard InChI is InChI=1S/C44H37Cl2FN6O9/c1-49-32-21-36(61-3)35(60-2)20-31(32)48-30(38(49)55)16-17-50-41(58)51-18-15-28-33(53(51)42(50)59)22-43(45)39(56)52(26-11-9-25(47)10-12-26)40(57)44(43,46)37(28)29-14-13-27(19-34(29)54)62-23-24-7-5-4-6-8-24/h4-15,19-21,33,37,54H,16-18,22-23H2,1-3H3/t33-,37-,43-,44+/m1/s1. The van der Waals surface area contributed by atoms with E-state index in [1.54, 1.807) is 31.3 Å². The van der Waals surface area contributed by atoms with Crippen LogP contribution < -0.4 is 36.0 Å². The number of anilines is 1. The van der Waals surface area contributed by atoms with E-state index in [4.69, 9.17) is 37.4 Å². The molecule has 4 aromatic carbocycles. The summed E-state index contributed by atoms with van der Waals surface area (Å²) in [4.78, 5) is 72.2. The van der Waals surface area contributed by atoms with Crippen molar-refractivity contribution in [3.63, 3.8) is 0 Å². The van der Waals surface area contributed by atoms with Gasteiger partial charge in [-0.15, -0.1) is 23.2 Å². The number of hydrogen-bond donors (Lipinski definition) is 1. The monoisotopic (exact) mass is 882 g/mol. The molecule has 1 N–H and O–H groups in total. The number of aromatic nitrogens is 5. The molecule has 0 spiro atoms. The van der Waals surface area contributed by atoms with E-state index in [0.717, 1.165) is 27.2 Å². The summed E-state index contributed by atoms with van der Waals surface area (Å²) in [7, 11) is 4.51. The van der Waals surface area contributed by atoms with E-state index in [9.17, 15) is 33.5 Å². The molecule has 4 heterocycles. The number of amides is 2. The number of alkyl halides is 2. The summed E-state index contributed by atoms with van der Waals surface area (Å²) in [6, 6.07) is 20.6. The highest BCUT2D eigenvalue weighted by molar-refractivity contribution is 6.58. The number of ether oxygens (including phenoxy) is 3. The molecular formula is C44H37Cl2FN6O9. The third-order valence-electron chi connectivity index (χ3n) is 12.0. The zero-order chi connectivity index (χ0) is 43.8. The number of fused-ring (bicyclic) bond motifs is 5. The Bertz CT molecular complexity index is 3060. The number of allylic oxidation sites excluding steroid dienone is 2. The first kappa shape index (κ1) is 40.7. The van der Waals surface area contributed by atoms with Crippen molar-refractivity contribution in [2.24, 2.45) is 7.05 Å². The van der Waals surface area contributed by atoms with Gasteiger partial charge < -0.3 is 23.9 Å². The van der Waals surface area contributed by atoms with Crippen LogP contribution in [0.5, 0.6) is 23.0 Å². The number of rotatable bonds is 10. The van der Waals surface area contributed by atoms with Crippen LogP contribution >= 0.6 is 23.2 Å². The lowest BCUT2D eigenvalue weighted by atomic mass is 9.64. The molecule has 18 heteroatoms. The van der Waals surface area contributed by atoms with Crippen LogP contribution in [0, 0.1) is 5.82 Å². The molecule has 9 rings (SSSR count). The van der Waals surface area contributed by atoms with Gasteiger partial charge >= 0.3 is 11.4 Å². The quantitative estimate of drug-likeness (QED) is 0.113. The summed E-state index contributed by atoms with van der Waals surface area (Å²) in [5.74, 6) is -3.07. The molecule has 318 valence electrons. The molecule has 3 aliphatic rings. The van der Waals surface area contributed by atoms with Crippen molar-refractivity contribution in [3.8, 4) is 23.0 Å². The van der Waals surface area contributed by atoms with E-state index in [2.05, 4.69) is 4.98 Å². The number of hydrogen-bond acceptors (Lipinski definition) is 10. The molecular weight excluding hydrogens is 846 g/mol. The van der Waals surface area contributed by atoms with Gasteiger partial charge in [0, 0.05) is 56.1 Å². The van der Waals surface area contributed by atoms with Crippen molar-refractivity contribution in [2.45, 2.75) is 54.2 Å². The van der Waals surface area contributed by atoms with Crippen molar-refractivity contribution in [1.29, 1.82) is 0 Å². The molecule has 2 aromatic heterocycles. The summed E-state index contributed by atoms with van der Waals surface area (Å²) < 4.78 is 35.6. The maximum Gasteiger partial charge on any atom is 0.347 e. The summed E-state index contributed by atoms with van der Waals surface area (Å²) in [6.45, 7) is -0.219. The summed E-state index contributed by atoms with van der Waals surface area (Å²) in [5, 5.41) is 11.7. The average Bonchev–Trinajstić information content (AvgIpc) is 3.60. The van der Waals surface area contributed by atoms with Gasteiger partial charge in [0.2, 0.25) is 0 Å². The largest absolute Gasteiger partial charge is 0.508 e. The van der Waals surface area contributed by atoms with Crippen LogP contribution in [0.25, 0.3) is 11.0 Å². The van der Waals surface area contributed by atoms with Crippen LogP contribution in [0.2, 0.25) is 0 Å². The Morgan fingerprint density at radius 1 is 0.887 bits per heavy atom. The van der Waals surface area contributed by atoms with E-state index >= 15 is 0 Å². The smallest absolute Gasteiger partial charge is 0.347 e. The molecule has 1 saturated carbocycles. The number of phenols is 1. The number of aryl methyl sites for hydroxylation is 2. The normalized spacial score (nSPS) is 21.6. The zero-order valence-electron chi connectivity index (χ0n) is 33.4. The van der Waals surface area contributed by atoms with E-state index in [0.29, 0.717) is 33.9 Å². The Balaban J connectivity index is 1.12. The highest BCUT2D eigenvalue weighted by Gasteiger charge is 2.76. The Kier molecular flexibility index (Phi) is 9.90. The van der Waals surface area contributed by atoms with E-state index in [1.807, 2.05) is 30.3 Å². The molecule has 2 amide bonds. The Morgan fingerprint density at radius 3 is 2.29 bits per heavy atom. The van der Waals surface area contributed by atoms with Gasteiger partial charge in [0.1, 0.15) is 29.6 Å². The van der Waals surface area contributed by atoms with Gasteiger partial charge in [-0.05, 0) is 41.5 Å². The SMILES string of the molecule is COc1cc2nc(CCn3c(=O)n4n(c3=O)[C@@H]3C[C@@]5(Cl)C(=O)N(c6ccc(F)cc6)C(=O)[C@@]5(Cl)[C@@H](c5ccc(OCc6ccccc6)cc5O)C3=CC4)c(=O)n(C)c2cc1OC. The Labute approximate surface area is 361 Å². The fraction of sp³-hybridized carbons (Fsp3) is 0.273.